The molecule has 1 atom stereocenters. The highest BCUT2D eigenvalue weighted by Crippen LogP contribution is 2.33. The van der Waals surface area contributed by atoms with E-state index < -0.39 is 11.3 Å². The van der Waals surface area contributed by atoms with E-state index in [1.807, 2.05) is 12.1 Å². The van der Waals surface area contributed by atoms with Crippen molar-refractivity contribution in [3.05, 3.63) is 41.5 Å². The molecular formula is C20H24BN3O3. The van der Waals surface area contributed by atoms with Gasteiger partial charge in [0.25, 0.3) is 5.91 Å². The van der Waals surface area contributed by atoms with Gasteiger partial charge in [-0.1, -0.05) is 26.0 Å². The Kier molecular flexibility index (Phi) is 5.13. The SMILES string of the molecule is [B][C@@]1(N2Cc3cc(NCC(=C)CC(C)C)ccc3C2=O)CCC(=O)NC1=O. The molecule has 0 aliphatic carbocycles. The summed E-state index contributed by atoms with van der Waals surface area (Å²) in [5.41, 5.74) is 1.86. The van der Waals surface area contributed by atoms with E-state index in [-0.39, 0.29) is 31.2 Å². The monoisotopic (exact) mass is 365 g/mol. The van der Waals surface area contributed by atoms with E-state index in [4.69, 9.17) is 7.85 Å². The molecule has 0 spiro atoms. The van der Waals surface area contributed by atoms with Crippen LogP contribution in [0.2, 0.25) is 0 Å². The number of hydrogen-bond acceptors (Lipinski definition) is 4. The van der Waals surface area contributed by atoms with Crippen molar-refractivity contribution in [2.45, 2.75) is 45.1 Å². The number of nitrogens with one attached hydrogen (secondary N) is 2. The smallest absolute Gasteiger partial charge is 0.254 e. The van der Waals surface area contributed by atoms with Crippen LogP contribution in [0.15, 0.2) is 30.4 Å². The van der Waals surface area contributed by atoms with E-state index in [9.17, 15) is 14.4 Å². The van der Waals surface area contributed by atoms with E-state index >= 15 is 0 Å². The third-order valence-corrected chi connectivity index (χ3v) is 5.01. The summed E-state index contributed by atoms with van der Waals surface area (Å²) in [4.78, 5) is 37.8. The number of hydrogen-bond donors (Lipinski definition) is 2. The number of imide groups is 1. The molecule has 2 radical (unpaired) electrons. The predicted octanol–water partition coefficient (Wildman–Crippen LogP) is 1.96. The molecule has 3 rings (SSSR count). The molecular weight excluding hydrogens is 341 g/mol. The van der Waals surface area contributed by atoms with Gasteiger partial charge in [0.05, 0.1) is 5.44 Å². The molecule has 140 valence electrons. The highest BCUT2D eigenvalue weighted by molar-refractivity contribution is 6.32. The first-order chi connectivity index (χ1) is 12.7. The molecule has 3 amide bonds. The zero-order valence-corrected chi connectivity index (χ0v) is 15.8. The number of benzene rings is 1. The number of rotatable bonds is 6. The molecule has 2 heterocycles. The molecule has 2 aliphatic rings. The molecule has 0 unspecified atom stereocenters. The normalized spacial score (nSPS) is 22.0. The summed E-state index contributed by atoms with van der Waals surface area (Å²) in [7, 11) is 6.24. The highest BCUT2D eigenvalue weighted by atomic mass is 16.2. The van der Waals surface area contributed by atoms with Crippen molar-refractivity contribution in [3.8, 4) is 0 Å². The molecule has 0 saturated carbocycles. The largest absolute Gasteiger partial charge is 0.381 e. The summed E-state index contributed by atoms with van der Waals surface area (Å²) in [5, 5.41) is 5.56. The van der Waals surface area contributed by atoms with Crippen LogP contribution in [0.5, 0.6) is 0 Å². The summed E-state index contributed by atoms with van der Waals surface area (Å²) >= 11 is 0. The molecule has 1 saturated heterocycles. The van der Waals surface area contributed by atoms with E-state index in [1.54, 1.807) is 6.07 Å². The average molecular weight is 365 g/mol. The van der Waals surface area contributed by atoms with Crippen LogP contribution >= 0.6 is 0 Å². The average Bonchev–Trinajstić information content (AvgIpc) is 2.93. The fourth-order valence-corrected chi connectivity index (χ4v) is 3.60. The zero-order valence-electron chi connectivity index (χ0n) is 15.8. The van der Waals surface area contributed by atoms with Crippen LogP contribution in [0.3, 0.4) is 0 Å². The lowest BCUT2D eigenvalue weighted by molar-refractivity contribution is -0.138. The molecule has 6 nitrogen and oxygen atoms in total. The van der Waals surface area contributed by atoms with E-state index in [0.717, 1.165) is 23.2 Å². The molecule has 0 aromatic heterocycles. The van der Waals surface area contributed by atoms with Gasteiger partial charge in [-0.15, -0.1) is 0 Å². The Morgan fingerprint density at radius 1 is 1.37 bits per heavy atom. The van der Waals surface area contributed by atoms with Gasteiger partial charge in [0, 0.05) is 30.8 Å². The highest BCUT2D eigenvalue weighted by Gasteiger charge is 2.47. The van der Waals surface area contributed by atoms with Crippen molar-refractivity contribution >= 4 is 31.3 Å². The second-order valence-electron chi connectivity index (χ2n) is 7.77. The van der Waals surface area contributed by atoms with Gasteiger partial charge >= 0.3 is 0 Å². The van der Waals surface area contributed by atoms with Gasteiger partial charge in [-0.05, 0) is 42.5 Å². The van der Waals surface area contributed by atoms with Crippen molar-refractivity contribution in [2.75, 3.05) is 11.9 Å². The topological polar surface area (TPSA) is 78.5 Å². The van der Waals surface area contributed by atoms with Gasteiger partial charge in [-0.2, -0.15) is 0 Å². The number of amides is 3. The first kappa shape index (κ1) is 19.2. The quantitative estimate of drug-likeness (QED) is 0.459. The first-order valence-electron chi connectivity index (χ1n) is 9.19. The Morgan fingerprint density at radius 2 is 2.11 bits per heavy atom. The number of fused-ring (bicyclic) bond motifs is 1. The van der Waals surface area contributed by atoms with Gasteiger partial charge in [-0.3, -0.25) is 19.7 Å². The molecule has 2 N–H and O–H groups in total. The Hall–Kier alpha value is -2.57. The third-order valence-electron chi connectivity index (χ3n) is 5.01. The van der Waals surface area contributed by atoms with Crippen LogP contribution < -0.4 is 10.6 Å². The second-order valence-corrected chi connectivity index (χ2v) is 7.77. The lowest BCUT2D eigenvalue weighted by atomic mass is 9.70. The van der Waals surface area contributed by atoms with Gasteiger partial charge in [0.1, 0.15) is 7.85 Å². The first-order valence-corrected chi connectivity index (χ1v) is 9.19. The van der Waals surface area contributed by atoms with Crippen molar-refractivity contribution in [3.63, 3.8) is 0 Å². The molecule has 1 fully saturated rings. The fraction of sp³-hybridized carbons (Fsp3) is 0.450. The van der Waals surface area contributed by atoms with Gasteiger partial charge in [0.2, 0.25) is 11.8 Å². The minimum absolute atomic E-state index is 0.118. The summed E-state index contributed by atoms with van der Waals surface area (Å²) in [6, 6.07) is 5.50. The summed E-state index contributed by atoms with van der Waals surface area (Å²) in [6.45, 7) is 9.29. The Balaban J connectivity index is 1.73. The predicted molar refractivity (Wildman–Crippen MR) is 104 cm³/mol. The zero-order chi connectivity index (χ0) is 19.8. The van der Waals surface area contributed by atoms with Crippen LogP contribution in [0, 0.1) is 5.92 Å². The standard InChI is InChI=1S/C20H24BN3O3/c1-12(2)8-13(3)10-22-15-4-5-16-14(9-15)11-24(18(16)26)20(21)7-6-17(25)23-19(20)27/h4-5,9,12,22H,3,6-8,10-11H2,1-2H3,(H,23,25,27)/t20-/m1/s1. The molecule has 7 heteroatoms. The van der Waals surface area contributed by atoms with Crippen molar-refractivity contribution in [1.29, 1.82) is 0 Å². The molecule has 1 aromatic rings. The molecule has 1 aromatic carbocycles. The van der Waals surface area contributed by atoms with E-state index in [0.29, 0.717) is 18.0 Å². The number of piperidine rings is 1. The Bertz CT molecular complexity index is 821. The van der Waals surface area contributed by atoms with Crippen LogP contribution in [-0.2, 0) is 16.1 Å². The number of carbonyl (C=O) groups excluding carboxylic acids is 3. The summed E-state index contributed by atoms with van der Waals surface area (Å²) < 4.78 is 0. The van der Waals surface area contributed by atoms with Crippen molar-refractivity contribution < 1.29 is 14.4 Å². The van der Waals surface area contributed by atoms with Crippen LogP contribution in [0.25, 0.3) is 0 Å². The number of carbonyl (C=O) groups is 3. The van der Waals surface area contributed by atoms with Gasteiger partial charge in [-0.25, -0.2) is 0 Å². The van der Waals surface area contributed by atoms with Gasteiger partial charge < -0.3 is 10.2 Å². The van der Waals surface area contributed by atoms with E-state index in [2.05, 4.69) is 31.1 Å². The Morgan fingerprint density at radius 3 is 2.78 bits per heavy atom. The lowest BCUT2D eigenvalue weighted by Crippen LogP contribution is -2.63. The lowest BCUT2D eigenvalue weighted by Gasteiger charge is -2.40. The molecule has 0 bridgehead atoms. The van der Waals surface area contributed by atoms with Gasteiger partial charge in [0.15, 0.2) is 0 Å². The third kappa shape index (κ3) is 3.77. The number of nitrogens with zero attached hydrogens (tertiary/aromatic N) is 1. The minimum atomic E-state index is -1.50. The summed E-state index contributed by atoms with van der Waals surface area (Å²) in [6.07, 6.45) is 1.19. The summed E-state index contributed by atoms with van der Waals surface area (Å²) in [5.74, 6) is -0.714. The van der Waals surface area contributed by atoms with Crippen LogP contribution in [0.1, 0.15) is 49.0 Å². The van der Waals surface area contributed by atoms with Crippen molar-refractivity contribution in [1.82, 2.24) is 10.2 Å². The fourth-order valence-electron chi connectivity index (χ4n) is 3.60. The second kappa shape index (κ2) is 7.21. The Labute approximate surface area is 160 Å². The maximum Gasteiger partial charge on any atom is 0.254 e. The number of anilines is 1. The molecule has 27 heavy (non-hydrogen) atoms. The van der Waals surface area contributed by atoms with E-state index in [1.165, 1.54) is 4.90 Å². The minimum Gasteiger partial charge on any atom is -0.381 e. The maximum absolute atomic E-state index is 12.8. The van der Waals surface area contributed by atoms with Crippen LogP contribution in [0.4, 0.5) is 5.69 Å². The maximum atomic E-state index is 12.8. The van der Waals surface area contributed by atoms with Crippen LogP contribution in [-0.4, -0.2) is 42.5 Å². The van der Waals surface area contributed by atoms with Crippen molar-refractivity contribution in [2.24, 2.45) is 5.92 Å². The molecule has 2 aliphatic heterocycles.